The Morgan fingerprint density at radius 3 is 2.81 bits per heavy atom. The van der Waals surface area contributed by atoms with Crippen LogP contribution in [-0.4, -0.2) is 23.3 Å². The summed E-state index contributed by atoms with van der Waals surface area (Å²) in [7, 11) is 0. The molecule has 0 fully saturated rings. The van der Waals surface area contributed by atoms with Crippen LogP contribution in [0.15, 0.2) is 18.2 Å². The number of hydrogen-bond donors (Lipinski definition) is 1. The van der Waals surface area contributed by atoms with E-state index in [-0.39, 0.29) is 0 Å². The minimum absolute atomic E-state index is 0.653. The van der Waals surface area contributed by atoms with E-state index in [9.17, 15) is 0 Å². The summed E-state index contributed by atoms with van der Waals surface area (Å²) in [5, 5.41) is 15.1. The quantitative estimate of drug-likeness (QED) is 0.741. The highest BCUT2D eigenvalue weighted by Gasteiger charge is 2.10. The van der Waals surface area contributed by atoms with Crippen molar-refractivity contribution in [3.63, 3.8) is 0 Å². The van der Waals surface area contributed by atoms with E-state index in [1.807, 2.05) is 6.07 Å². The third kappa shape index (κ3) is 5.22. The number of rotatable bonds is 7. The van der Waals surface area contributed by atoms with Gasteiger partial charge in [0.1, 0.15) is 10.0 Å². The Bertz CT molecular complexity index is 584. The van der Waals surface area contributed by atoms with Gasteiger partial charge in [0.15, 0.2) is 0 Å². The topological polar surface area (TPSA) is 37.8 Å². The number of benzene rings is 1. The van der Waals surface area contributed by atoms with Gasteiger partial charge in [0.2, 0.25) is 0 Å². The standard InChI is InChI=1S/C15H19Cl2N3S/c1-10(2)9-18-7-3-4-14-19-20-15(21-14)12-8-11(16)5-6-13(12)17/h5-6,8,10,18H,3-4,7,9H2,1-2H3. The van der Waals surface area contributed by atoms with Gasteiger partial charge in [-0.15, -0.1) is 10.2 Å². The van der Waals surface area contributed by atoms with Gasteiger partial charge in [-0.05, 0) is 43.6 Å². The average molecular weight is 344 g/mol. The highest BCUT2D eigenvalue weighted by atomic mass is 35.5. The van der Waals surface area contributed by atoms with Crippen LogP contribution in [-0.2, 0) is 6.42 Å². The van der Waals surface area contributed by atoms with E-state index in [0.717, 1.165) is 41.5 Å². The zero-order valence-electron chi connectivity index (χ0n) is 12.2. The summed E-state index contributed by atoms with van der Waals surface area (Å²) in [4.78, 5) is 0. The Hall–Kier alpha value is -0.680. The SMILES string of the molecule is CC(C)CNCCCc1nnc(-c2cc(Cl)ccc2Cl)s1. The Morgan fingerprint density at radius 2 is 2.05 bits per heavy atom. The fourth-order valence-electron chi connectivity index (χ4n) is 1.88. The van der Waals surface area contributed by atoms with Gasteiger partial charge in [0.25, 0.3) is 0 Å². The van der Waals surface area contributed by atoms with Crippen LogP contribution in [0.1, 0.15) is 25.3 Å². The van der Waals surface area contributed by atoms with Gasteiger partial charge < -0.3 is 5.32 Å². The molecule has 1 heterocycles. The van der Waals surface area contributed by atoms with Crippen LogP contribution >= 0.6 is 34.5 Å². The third-order valence-electron chi connectivity index (χ3n) is 2.92. The van der Waals surface area contributed by atoms with Gasteiger partial charge in [-0.1, -0.05) is 48.4 Å². The maximum absolute atomic E-state index is 6.19. The van der Waals surface area contributed by atoms with E-state index in [0.29, 0.717) is 16.0 Å². The molecule has 3 nitrogen and oxygen atoms in total. The minimum atomic E-state index is 0.653. The van der Waals surface area contributed by atoms with Crippen LogP contribution < -0.4 is 5.32 Å². The molecule has 0 aliphatic rings. The molecule has 1 aromatic carbocycles. The average Bonchev–Trinajstić information content (AvgIpc) is 2.89. The molecule has 0 saturated heterocycles. The zero-order chi connectivity index (χ0) is 15.2. The molecule has 1 aromatic heterocycles. The number of aryl methyl sites for hydroxylation is 1. The summed E-state index contributed by atoms with van der Waals surface area (Å²) in [6, 6.07) is 5.39. The van der Waals surface area contributed by atoms with Crippen molar-refractivity contribution in [3.05, 3.63) is 33.3 Å². The lowest BCUT2D eigenvalue weighted by molar-refractivity contribution is 0.542. The molecule has 0 aliphatic carbocycles. The van der Waals surface area contributed by atoms with E-state index in [4.69, 9.17) is 23.2 Å². The lowest BCUT2D eigenvalue weighted by atomic mass is 10.2. The maximum atomic E-state index is 6.19. The Kier molecular flexibility index (Phi) is 6.42. The summed E-state index contributed by atoms with van der Waals surface area (Å²) >= 11 is 13.8. The molecule has 0 unspecified atom stereocenters. The second-order valence-electron chi connectivity index (χ2n) is 5.33. The first-order valence-electron chi connectivity index (χ1n) is 7.05. The first-order valence-corrected chi connectivity index (χ1v) is 8.62. The Balaban J connectivity index is 1.91. The molecule has 0 bridgehead atoms. The molecule has 0 aliphatic heterocycles. The van der Waals surface area contributed by atoms with Crippen LogP contribution in [0, 0.1) is 5.92 Å². The van der Waals surface area contributed by atoms with Crippen molar-refractivity contribution < 1.29 is 0 Å². The van der Waals surface area contributed by atoms with Gasteiger partial charge in [-0.25, -0.2) is 0 Å². The van der Waals surface area contributed by atoms with E-state index >= 15 is 0 Å². The zero-order valence-corrected chi connectivity index (χ0v) is 14.5. The first kappa shape index (κ1) is 16.7. The monoisotopic (exact) mass is 343 g/mol. The van der Waals surface area contributed by atoms with Crippen LogP contribution in [0.5, 0.6) is 0 Å². The van der Waals surface area contributed by atoms with Crippen molar-refractivity contribution in [2.75, 3.05) is 13.1 Å². The van der Waals surface area contributed by atoms with Gasteiger partial charge in [-0.3, -0.25) is 0 Å². The van der Waals surface area contributed by atoms with Crippen molar-refractivity contribution in [1.29, 1.82) is 0 Å². The highest BCUT2D eigenvalue weighted by Crippen LogP contribution is 2.32. The number of nitrogens with one attached hydrogen (secondary N) is 1. The lowest BCUT2D eigenvalue weighted by Gasteiger charge is -2.05. The highest BCUT2D eigenvalue weighted by molar-refractivity contribution is 7.14. The molecule has 0 radical (unpaired) electrons. The molecule has 0 spiro atoms. The molecular weight excluding hydrogens is 325 g/mol. The van der Waals surface area contributed by atoms with Crippen LogP contribution in [0.3, 0.4) is 0 Å². The lowest BCUT2D eigenvalue weighted by Crippen LogP contribution is -2.21. The van der Waals surface area contributed by atoms with Crippen molar-refractivity contribution in [2.45, 2.75) is 26.7 Å². The number of hydrogen-bond acceptors (Lipinski definition) is 4. The van der Waals surface area contributed by atoms with Crippen molar-refractivity contribution in [1.82, 2.24) is 15.5 Å². The predicted molar refractivity (Wildman–Crippen MR) is 91.4 cm³/mol. The summed E-state index contributed by atoms with van der Waals surface area (Å²) in [5.74, 6) is 0.683. The van der Waals surface area contributed by atoms with Gasteiger partial charge >= 0.3 is 0 Å². The molecule has 2 aromatic rings. The number of halogens is 2. The van der Waals surface area contributed by atoms with Crippen molar-refractivity contribution in [2.24, 2.45) is 5.92 Å². The first-order chi connectivity index (χ1) is 10.1. The summed E-state index contributed by atoms with van der Waals surface area (Å²) in [6.45, 7) is 6.47. The smallest absolute Gasteiger partial charge is 0.149 e. The van der Waals surface area contributed by atoms with Crippen LogP contribution in [0.25, 0.3) is 10.6 Å². The predicted octanol–water partition coefficient (Wildman–Crippen LogP) is 4.69. The third-order valence-corrected chi connectivity index (χ3v) is 4.50. The van der Waals surface area contributed by atoms with E-state index < -0.39 is 0 Å². The minimum Gasteiger partial charge on any atom is -0.316 e. The largest absolute Gasteiger partial charge is 0.316 e. The van der Waals surface area contributed by atoms with E-state index in [1.165, 1.54) is 0 Å². The molecular formula is C15H19Cl2N3S. The molecule has 1 N–H and O–H groups in total. The van der Waals surface area contributed by atoms with Gasteiger partial charge in [0, 0.05) is 17.0 Å². The summed E-state index contributed by atoms with van der Waals surface area (Å²) in [5.41, 5.74) is 0.853. The Labute approximate surface area is 139 Å². The number of aromatic nitrogens is 2. The Morgan fingerprint density at radius 1 is 1.24 bits per heavy atom. The molecule has 0 amide bonds. The maximum Gasteiger partial charge on any atom is 0.149 e. The fourth-order valence-corrected chi connectivity index (χ4v) is 3.23. The van der Waals surface area contributed by atoms with Gasteiger partial charge in [0.05, 0.1) is 5.02 Å². The molecule has 114 valence electrons. The molecule has 0 saturated carbocycles. The van der Waals surface area contributed by atoms with Crippen LogP contribution in [0.4, 0.5) is 0 Å². The van der Waals surface area contributed by atoms with E-state index in [1.54, 1.807) is 23.5 Å². The van der Waals surface area contributed by atoms with Gasteiger partial charge in [-0.2, -0.15) is 0 Å². The van der Waals surface area contributed by atoms with Crippen molar-refractivity contribution in [3.8, 4) is 10.6 Å². The second-order valence-corrected chi connectivity index (χ2v) is 7.23. The molecule has 0 atom stereocenters. The molecule has 21 heavy (non-hydrogen) atoms. The molecule has 6 heteroatoms. The fraction of sp³-hybridized carbons (Fsp3) is 0.467. The van der Waals surface area contributed by atoms with E-state index in [2.05, 4.69) is 29.4 Å². The van der Waals surface area contributed by atoms with Crippen LogP contribution in [0.2, 0.25) is 10.0 Å². The summed E-state index contributed by atoms with van der Waals surface area (Å²) in [6.07, 6.45) is 1.99. The number of nitrogens with zero attached hydrogens (tertiary/aromatic N) is 2. The summed E-state index contributed by atoms with van der Waals surface area (Å²) < 4.78 is 0. The van der Waals surface area contributed by atoms with Crippen molar-refractivity contribution >= 4 is 34.5 Å². The molecule has 2 rings (SSSR count). The second kappa shape index (κ2) is 8.08. The normalized spacial score (nSPS) is 11.3.